The third-order valence-corrected chi connectivity index (χ3v) is 2.36. The van der Waals surface area contributed by atoms with Crippen LogP contribution in [0.5, 0.6) is 0 Å². The van der Waals surface area contributed by atoms with E-state index in [0.717, 1.165) is 5.52 Å². The van der Waals surface area contributed by atoms with Crippen LogP contribution >= 0.6 is 15.9 Å². The van der Waals surface area contributed by atoms with Crippen LogP contribution < -0.4 is 0 Å². The van der Waals surface area contributed by atoms with E-state index in [-0.39, 0.29) is 5.56 Å². The van der Waals surface area contributed by atoms with Gasteiger partial charge >= 0.3 is 5.97 Å². The van der Waals surface area contributed by atoms with E-state index in [2.05, 4.69) is 20.9 Å². The Morgan fingerprint density at radius 1 is 1.62 bits per heavy atom. The number of fused-ring (bicyclic) bond motifs is 1. The van der Waals surface area contributed by atoms with E-state index >= 15 is 0 Å². The highest BCUT2D eigenvalue weighted by Gasteiger charge is 2.09. The molecule has 0 atom stereocenters. The number of hydrogen-bond donors (Lipinski definition) is 1. The summed E-state index contributed by atoms with van der Waals surface area (Å²) in [7, 11) is 0. The molecule has 0 amide bonds. The molecule has 0 aromatic carbocycles. The van der Waals surface area contributed by atoms with Gasteiger partial charge in [-0.25, -0.2) is 9.78 Å². The zero-order chi connectivity index (χ0) is 9.42. The number of carboxylic acid groups (broad SMARTS) is 1. The maximum absolute atomic E-state index is 10.7. The molecular weight excluding hydrogens is 236 g/mol. The van der Waals surface area contributed by atoms with Crippen molar-refractivity contribution in [2.24, 2.45) is 0 Å². The lowest BCUT2D eigenvalue weighted by atomic mass is 10.2. The Hall–Kier alpha value is -1.36. The van der Waals surface area contributed by atoms with Crippen molar-refractivity contribution in [2.75, 3.05) is 0 Å². The highest BCUT2D eigenvalue weighted by molar-refractivity contribution is 9.10. The average molecular weight is 241 g/mol. The molecule has 0 bridgehead atoms. The number of carboxylic acids is 1. The Balaban J connectivity index is 2.76. The predicted molar refractivity (Wildman–Crippen MR) is 49.9 cm³/mol. The largest absolute Gasteiger partial charge is 0.478 e. The minimum atomic E-state index is -0.949. The van der Waals surface area contributed by atoms with Gasteiger partial charge in [0, 0.05) is 10.7 Å². The summed E-state index contributed by atoms with van der Waals surface area (Å²) in [6, 6.07) is 1.57. The SMILES string of the molecule is O=C(O)c1cc2cncn2cc1Br. The number of hydrogen-bond acceptors (Lipinski definition) is 2. The van der Waals surface area contributed by atoms with Crippen LogP contribution in [0.15, 0.2) is 29.3 Å². The first-order valence-electron chi connectivity index (χ1n) is 3.53. The van der Waals surface area contributed by atoms with Crippen molar-refractivity contribution in [1.29, 1.82) is 0 Å². The van der Waals surface area contributed by atoms with Crippen LogP contribution in [0.2, 0.25) is 0 Å². The van der Waals surface area contributed by atoms with Gasteiger partial charge < -0.3 is 9.51 Å². The van der Waals surface area contributed by atoms with Gasteiger partial charge in [-0.2, -0.15) is 0 Å². The first-order valence-corrected chi connectivity index (χ1v) is 4.32. The van der Waals surface area contributed by atoms with Gasteiger partial charge in [0.1, 0.15) is 0 Å². The van der Waals surface area contributed by atoms with Crippen molar-refractivity contribution in [2.45, 2.75) is 0 Å². The van der Waals surface area contributed by atoms with Crippen LogP contribution in [0.3, 0.4) is 0 Å². The molecule has 0 aliphatic carbocycles. The first kappa shape index (κ1) is 8.25. The van der Waals surface area contributed by atoms with E-state index < -0.39 is 5.97 Å². The molecule has 0 fully saturated rings. The second-order valence-corrected chi connectivity index (χ2v) is 3.42. The molecule has 0 aliphatic heterocycles. The van der Waals surface area contributed by atoms with E-state index in [1.807, 2.05) is 0 Å². The molecule has 0 saturated carbocycles. The van der Waals surface area contributed by atoms with Crippen LogP contribution in [0, 0.1) is 0 Å². The molecular formula is C8H5BrN2O2. The summed E-state index contributed by atoms with van der Waals surface area (Å²) in [6.45, 7) is 0. The van der Waals surface area contributed by atoms with Crippen molar-refractivity contribution in [1.82, 2.24) is 9.38 Å². The minimum absolute atomic E-state index is 0.244. The zero-order valence-electron chi connectivity index (χ0n) is 6.44. The monoisotopic (exact) mass is 240 g/mol. The maximum Gasteiger partial charge on any atom is 0.336 e. The molecule has 66 valence electrons. The fraction of sp³-hybridized carbons (Fsp3) is 0. The summed E-state index contributed by atoms with van der Waals surface area (Å²) in [5.41, 5.74) is 1.01. The Labute approximate surface area is 82.0 Å². The van der Waals surface area contributed by atoms with Gasteiger partial charge in [-0.05, 0) is 22.0 Å². The summed E-state index contributed by atoms with van der Waals surface area (Å²) in [4.78, 5) is 14.6. The normalized spacial score (nSPS) is 10.5. The van der Waals surface area contributed by atoms with E-state index in [1.165, 1.54) is 0 Å². The number of aromatic carboxylic acids is 1. The first-order chi connectivity index (χ1) is 6.18. The van der Waals surface area contributed by atoms with E-state index in [0.29, 0.717) is 4.47 Å². The zero-order valence-corrected chi connectivity index (χ0v) is 8.02. The molecule has 0 aliphatic rings. The lowest BCUT2D eigenvalue weighted by Gasteiger charge is -1.99. The molecule has 0 spiro atoms. The Kier molecular flexibility index (Phi) is 1.81. The summed E-state index contributed by atoms with van der Waals surface area (Å²) in [6.07, 6.45) is 4.90. The predicted octanol–water partition coefficient (Wildman–Crippen LogP) is 1.79. The molecule has 2 aromatic heterocycles. The summed E-state index contributed by atoms with van der Waals surface area (Å²) < 4.78 is 2.29. The molecule has 2 aromatic rings. The van der Waals surface area contributed by atoms with E-state index in [4.69, 9.17) is 5.11 Å². The Bertz CT molecular complexity index is 478. The lowest BCUT2D eigenvalue weighted by Crippen LogP contribution is -1.99. The van der Waals surface area contributed by atoms with Crippen LogP contribution in [0.1, 0.15) is 10.4 Å². The summed E-state index contributed by atoms with van der Waals surface area (Å²) >= 11 is 3.17. The van der Waals surface area contributed by atoms with Crippen molar-refractivity contribution in [3.8, 4) is 0 Å². The summed E-state index contributed by atoms with van der Waals surface area (Å²) in [5, 5.41) is 8.80. The molecule has 1 N–H and O–H groups in total. The van der Waals surface area contributed by atoms with Crippen LogP contribution in [-0.4, -0.2) is 20.5 Å². The maximum atomic E-state index is 10.7. The number of rotatable bonds is 1. The smallest absolute Gasteiger partial charge is 0.336 e. The van der Waals surface area contributed by atoms with Crippen LogP contribution in [-0.2, 0) is 0 Å². The fourth-order valence-electron chi connectivity index (χ4n) is 1.11. The van der Waals surface area contributed by atoms with Gasteiger partial charge in [0.25, 0.3) is 0 Å². The van der Waals surface area contributed by atoms with E-state index in [1.54, 1.807) is 29.2 Å². The molecule has 4 nitrogen and oxygen atoms in total. The van der Waals surface area contributed by atoms with Gasteiger partial charge in [0.15, 0.2) is 0 Å². The number of aromatic nitrogens is 2. The highest BCUT2D eigenvalue weighted by atomic mass is 79.9. The van der Waals surface area contributed by atoms with Crippen molar-refractivity contribution in [3.63, 3.8) is 0 Å². The molecule has 0 unspecified atom stereocenters. The van der Waals surface area contributed by atoms with Gasteiger partial charge in [-0.15, -0.1) is 0 Å². The number of halogens is 1. The number of nitrogens with zero attached hydrogens (tertiary/aromatic N) is 2. The molecule has 2 heterocycles. The third kappa shape index (κ3) is 1.31. The highest BCUT2D eigenvalue weighted by Crippen LogP contribution is 2.18. The second kappa shape index (κ2) is 2.85. The van der Waals surface area contributed by atoms with Crippen LogP contribution in [0.4, 0.5) is 0 Å². The Morgan fingerprint density at radius 3 is 3.08 bits per heavy atom. The molecule has 13 heavy (non-hydrogen) atoms. The van der Waals surface area contributed by atoms with Gasteiger partial charge in [0.2, 0.25) is 0 Å². The molecule has 5 heteroatoms. The van der Waals surface area contributed by atoms with Gasteiger partial charge in [0.05, 0.1) is 23.6 Å². The quantitative estimate of drug-likeness (QED) is 0.828. The van der Waals surface area contributed by atoms with Gasteiger partial charge in [-0.1, -0.05) is 0 Å². The molecule has 0 saturated heterocycles. The molecule has 0 radical (unpaired) electrons. The van der Waals surface area contributed by atoms with Crippen molar-refractivity contribution >= 4 is 27.4 Å². The molecule has 2 rings (SSSR count). The standard InChI is InChI=1S/C8H5BrN2O2/c9-7-3-11-4-10-2-5(11)1-6(7)8(12)13/h1-4H,(H,12,13). The second-order valence-electron chi connectivity index (χ2n) is 2.57. The van der Waals surface area contributed by atoms with Crippen LogP contribution in [0.25, 0.3) is 5.52 Å². The van der Waals surface area contributed by atoms with Crippen molar-refractivity contribution < 1.29 is 9.90 Å². The Morgan fingerprint density at radius 2 is 2.38 bits per heavy atom. The number of pyridine rings is 1. The topological polar surface area (TPSA) is 54.6 Å². The van der Waals surface area contributed by atoms with Gasteiger partial charge in [-0.3, -0.25) is 0 Å². The minimum Gasteiger partial charge on any atom is -0.478 e. The average Bonchev–Trinajstić information content (AvgIpc) is 2.48. The summed E-state index contributed by atoms with van der Waals surface area (Å²) in [5.74, 6) is -0.949. The van der Waals surface area contributed by atoms with Crippen molar-refractivity contribution in [3.05, 3.63) is 34.8 Å². The fourth-order valence-corrected chi connectivity index (χ4v) is 1.61. The third-order valence-electron chi connectivity index (χ3n) is 1.73. The number of carbonyl (C=O) groups is 1. The lowest BCUT2D eigenvalue weighted by molar-refractivity contribution is 0.0696. The van der Waals surface area contributed by atoms with E-state index in [9.17, 15) is 4.79 Å². The number of imidazole rings is 1.